The van der Waals surface area contributed by atoms with Gasteiger partial charge in [-0.15, -0.1) is 0 Å². The zero-order valence-electron chi connectivity index (χ0n) is 17.6. The van der Waals surface area contributed by atoms with Gasteiger partial charge in [-0.1, -0.05) is 19.9 Å². The van der Waals surface area contributed by atoms with Gasteiger partial charge in [0.15, 0.2) is 0 Å². The standard InChI is InChI=1S/C23H32N4O/c1-16(2)11-26-13-18-7-20(15-26)22-8-19(9-23(28)27(22)14-18)21-6-5-17(10-24-21)12-25(3)4/h5-6,8-10,16,18,20H,7,11-15H2,1-4H3/t18-,20+/m0/s1. The fourth-order valence-corrected chi connectivity index (χ4v) is 4.93. The number of rotatable bonds is 5. The fourth-order valence-electron chi connectivity index (χ4n) is 4.93. The Labute approximate surface area is 168 Å². The number of hydrogen-bond acceptors (Lipinski definition) is 4. The molecule has 2 atom stereocenters. The van der Waals surface area contributed by atoms with Crippen LogP contribution in [0.15, 0.2) is 35.3 Å². The monoisotopic (exact) mass is 380 g/mol. The molecule has 2 bridgehead atoms. The molecule has 5 heteroatoms. The molecule has 0 aliphatic carbocycles. The van der Waals surface area contributed by atoms with E-state index in [0.717, 1.165) is 44.0 Å². The molecule has 150 valence electrons. The number of pyridine rings is 2. The zero-order chi connectivity index (χ0) is 19.8. The number of fused-ring (bicyclic) bond motifs is 4. The third-order valence-corrected chi connectivity index (χ3v) is 5.87. The SMILES string of the molecule is CC(C)CN1C[C@@H]2C[C@H](C1)c1cc(-c3ccc(CN(C)C)cn3)cc(=O)n1C2. The summed E-state index contributed by atoms with van der Waals surface area (Å²) in [5, 5.41) is 0. The van der Waals surface area contributed by atoms with Crippen molar-refractivity contribution in [1.82, 2.24) is 19.4 Å². The minimum atomic E-state index is 0.124. The average molecular weight is 381 g/mol. The molecule has 0 amide bonds. The van der Waals surface area contributed by atoms with Gasteiger partial charge in [0, 0.05) is 62.2 Å². The van der Waals surface area contributed by atoms with Crippen molar-refractivity contribution < 1.29 is 0 Å². The average Bonchev–Trinajstić information content (AvgIpc) is 2.62. The number of likely N-dealkylation sites (tertiary alicyclic amines) is 1. The number of piperidine rings is 1. The lowest BCUT2D eigenvalue weighted by Gasteiger charge is -2.43. The van der Waals surface area contributed by atoms with Gasteiger partial charge in [-0.3, -0.25) is 9.78 Å². The van der Waals surface area contributed by atoms with E-state index < -0.39 is 0 Å². The van der Waals surface area contributed by atoms with E-state index >= 15 is 0 Å². The van der Waals surface area contributed by atoms with Gasteiger partial charge in [0.25, 0.3) is 5.56 Å². The summed E-state index contributed by atoms with van der Waals surface area (Å²) in [6, 6.07) is 8.14. The van der Waals surface area contributed by atoms with Crippen molar-refractivity contribution in [3.05, 3.63) is 52.1 Å². The van der Waals surface area contributed by atoms with Crippen LogP contribution in [-0.4, -0.2) is 53.1 Å². The first kappa shape index (κ1) is 19.3. The zero-order valence-corrected chi connectivity index (χ0v) is 17.6. The van der Waals surface area contributed by atoms with Crippen LogP contribution in [0.25, 0.3) is 11.3 Å². The molecule has 4 heterocycles. The van der Waals surface area contributed by atoms with Crippen LogP contribution in [0.5, 0.6) is 0 Å². The molecule has 2 aromatic heterocycles. The first-order chi connectivity index (χ1) is 13.4. The summed E-state index contributed by atoms with van der Waals surface area (Å²) in [5.74, 6) is 1.72. The molecule has 0 N–H and O–H groups in total. The van der Waals surface area contributed by atoms with Crippen molar-refractivity contribution in [2.24, 2.45) is 11.8 Å². The third kappa shape index (κ3) is 4.06. The summed E-state index contributed by atoms with van der Waals surface area (Å²) in [6.07, 6.45) is 3.13. The molecule has 0 unspecified atom stereocenters. The molecule has 1 fully saturated rings. The van der Waals surface area contributed by atoms with Crippen LogP contribution in [0.3, 0.4) is 0 Å². The van der Waals surface area contributed by atoms with Crippen LogP contribution in [-0.2, 0) is 13.1 Å². The molecule has 2 aliphatic heterocycles. The highest BCUT2D eigenvalue weighted by Gasteiger charge is 2.35. The summed E-state index contributed by atoms with van der Waals surface area (Å²) in [5.41, 5.74) is 4.35. The van der Waals surface area contributed by atoms with Gasteiger partial charge in [-0.05, 0) is 50.0 Å². The van der Waals surface area contributed by atoms with Gasteiger partial charge in [-0.25, -0.2) is 0 Å². The Morgan fingerprint density at radius 1 is 1.18 bits per heavy atom. The Balaban J connectivity index is 1.63. The van der Waals surface area contributed by atoms with Crippen molar-refractivity contribution in [3.63, 3.8) is 0 Å². The van der Waals surface area contributed by atoms with Crippen molar-refractivity contribution in [2.75, 3.05) is 33.7 Å². The molecule has 0 radical (unpaired) electrons. The molecular formula is C23H32N4O. The maximum atomic E-state index is 12.9. The Morgan fingerprint density at radius 2 is 2.00 bits per heavy atom. The largest absolute Gasteiger partial charge is 0.312 e. The summed E-state index contributed by atoms with van der Waals surface area (Å²) >= 11 is 0. The van der Waals surface area contributed by atoms with Gasteiger partial charge >= 0.3 is 0 Å². The van der Waals surface area contributed by atoms with Crippen molar-refractivity contribution >= 4 is 0 Å². The van der Waals surface area contributed by atoms with Crippen molar-refractivity contribution in [3.8, 4) is 11.3 Å². The fraction of sp³-hybridized carbons (Fsp3) is 0.565. The van der Waals surface area contributed by atoms with Gasteiger partial charge in [0.2, 0.25) is 0 Å². The maximum Gasteiger partial charge on any atom is 0.251 e. The normalized spacial score (nSPS) is 21.9. The molecule has 0 spiro atoms. The highest BCUT2D eigenvalue weighted by molar-refractivity contribution is 5.59. The van der Waals surface area contributed by atoms with E-state index in [2.05, 4.69) is 54.9 Å². The van der Waals surface area contributed by atoms with Gasteiger partial charge < -0.3 is 14.4 Å². The Kier molecular flexibility index (Phi) is 5.39. The highest BCUT2D eigenvalue weighted by atomic mass is 16.1. The Morgan fingerprint density at radius 3 is 2.68 bits per heavy atom. The Hall–Kier alpha value is -1.98. The lowest BCUT2D eigenvalue weighted by molar-refractivity contribution is 0.109. The van der Waals surface area contributed by atoms with E-state index in [1.807, 2.05) is 16.8 Å². The van der Waals surface area contributed by atoms with E-state index in [0.29, 0.717) is 17.8 Å². The predicted octanol–water partition coefficient (Wildman–Crippen LogP) is 3.05. The molecule has 1 saturated heterocycles. The van der Waals surface area contributed by atoms with Crippen LogP contribution in [0, 0.1) is 11.8 Å². The predicted molar refractivity (Wildman–Crippen MR) is 113 cm³/mol. The highest BCUT2D eigenvalue weighted by Crippen LogP contribution is 2.36. The molecule has 28 heavy (non-hydrogen) atoms. The number of aromatic nitrogens is 2. The summed E-state index contributed by atoms with van der Waals surface area (Å²) < 4.78 is 2.02. The molecule has 0 saturated carbocycles. The lowest BCUT2D eigenvalue weighted by atomic mass is 9.82. The summed E-state index contributed by atoms with van der Waals surface area (Å²) in [4.78, 5) is 22.2. The topological polar surface area (TPSA) is 41.4 Å². The van der Waals surface area contributed by atoms with Crippen LogP contribution in [0.4, 0.5) is 0 Å². The quantitative estimate of drug-likeness (QED) is 0.800. The van der Waals surface area contributed by atoms with Crippen molar-refractivity contribution in [2.45, 2.75) is 39.3 Å². The first-order valence-electron chi connectivity index (χ1n) is 10.5. The van der Waals surface area contributed by atoms with Crippen LogP contribution < -0.4 is 5.56 Å². The Bertz CT molecular complexity index is 884. The van der Waals surface area contributed by atoms with Gasteiger partial charge in [0.05, 0.1) is 5.69 Å². The minimum Gasteiger partial charge on any atom is -0.312 e. The second-order valence-electron chi connectivity index (χ2n) is 9.32. The second kappa shape index (κ2) is 7.80. The summed E-state index contributed by atoms with van der Waals surface area (Å²) in [6.45, 7) is 9.62. The molecule has 4 rings (SSSR count). The number of hydrogen-bond donors (Lipinski definition) is 0. The van der Waals surface area contributed by atoms with Gasteiger partial charge in [0.1, 0.15) is 0 Å². The van der Waals surface area contributed by atoms with Crippen molar-refractivity contribution in [1.29, 1.82) is 0 Å². The molecular weight excluding hydrogens is 348 g/mol. The number of nitrogens with zero attached hydrogens (tertiary/aromatic N) is 4. The summed E-state index contributed by atoms with van der Waals surface area (Å²) in [7, 11) is 4.11. The van der Waals surface area contributed by atoms with E-state index in [1.54, 1.807) is 6.07 Å². The lowest BCUT2D eigenvalue weighted by Crippen LogP contribution is -2.48. The molecule has 0 aromatic carbocycles. The molecule has 2 aliphatic rings. The van der Waals surface area contributed by atoms with E-state index in [4.69, 9.17) is 0 Å². The second-order valence-corrected chi connectivity index (χ2v) is 9.32. The van der Waals surface area contributed by atoms with E-state index in [-0.39, 0.29) is 5.56 Å². The third-order valence-electron chi connectivity index (χ3n) is 5.87. The van der Waals surface area contributed by atoms with E-state index in [1.165, 1.54) is 17.7 Å². The molecule has 5 nitrogen and oxygen atoms in total. The minimum absolute atomic E-state index is 0.124. The first-order valence-corrected chi connectivity index (χ1v) is 10.5. The van der Waals surface area contributed by atoms with Crippen LogP contribution in [0.1, 0.15) is 37.4 Å². The van der Waals surface area contributed by atoms with Gasteiger partial charge in [-0.2, -0.15) is 0 Å². The maximum absolute atomic E-state index is 12.9. The van der Waals surface area contributed by atoms with Crippen LogP contribution >= 0.6 is 0 Å². The molecule has 2 aromatic rings. The van der Waals surface area contributed by atoms with E-state index in [9.17, 15) is 4.79 Å². The van der Waals surface area contributed by atoms with Crippen LogP contribution in [0.2, 0.25) is 0 Å². The smallest absolute Gasteiger partial charge is 0.251 e.